The van der Waals surface area contributed by atoms with Gasteiger partial charge in [0.25, 0.3) is 0 Å². The average Bonchev–Trinajstić information content (AvgIpc) is 2.14. The Morgan fingerprint density at radius 2 is 1.77 bits per heavy atom. The van der Waals surface area contributed by atoms with Crippen LogP contribution in [0.5, 0.6) is 0 Å². The molecular weight excluding hydrogens is 168 g/mol. The van der Waals surface area contributed by atoms with Crippen molar-refractivity contribution < 1.29 is 0 Å². The molecule has 0 aliphatic rings. The standard InChI is InChI=1S/C12H17.Mg.2H/c1-2-3-4-6-9-12-10-7-5-8-11-12;;;/h5,7-11H,2-4,6H2,1H3;;;. The Bertz CT molecular complexity index is 194. The predicted molar refractivity (Wildman–Crippen MR) is 62.5 cm³/mol. The summed E-state index contributed by atoms with van der Waals surface area (Å²) in [6, 6.07) is 10.6. The molecular formula is C12H19Mg. The van der Waals surface area contributed by atoms with E-state index >= 15 is 0 Å². The van der Waals surface area contributed by atoms with Crippen LogP contribution in [0.4, 0.5) is 0 Å². The highest BCUT2D eigenvalue weighted by Crippen LogP contribution is 2.08. The molecule has 1 aromatic rings. The van der Waals surface area contributed by atoms with Crippen LogP contribution in [0.25, 0.3) is 0 Å². The Balaban J connectivity index is 0.00000144. The van der Waals surface area contributed by atoms with Crippen molar-refractivity contribution in [3.63, 3.8) is 0 Å². The number of rotatable bonds is 5. The smallest absolute Gasteiger partial charge is 0.0654 e. The molecule has 1 heteroatoms. The highest BCUT2D eigenvalue weighted by molar-refractivity contribution is 5.75. The molecule has 0 N–H and O–H groups in total. The van der Waals surface area contributed by atoms with Crippen molar-refractivity contribution in [2.24, 2.45) is 0 Å². The minimum Gasteiger partial charge on any atom is -0.0654 e. The van der Waals surface area contributed by atoms with Crippen LogP contribution in [0.15, 0.2) is 30.3 Å². The van der Waals surface area contributed by atoms with E-state index in [2.05, 4.69) is 43.7 Å². The van der Waals surface area contributed by atoms with Gasteiger partial charge in [0.1, 0.15) is 0 Å². The van der Waals surface area contributed by atoms with Gasteiger partial charge in [0.05, 0.1) is 0 Å². The van der Waals surface area contributed by atoms with Crippen LogP contribution < -0.4 is 0 Å². The van der Waals surface area contributed by atoms with Gasteiger partial charge in [0.15, 0.2) is 0 Å². The maximum atomic E-state index is 2.32. The van der Waals surface area contributed by atoms with E-state index < -0.39 is 0 Å². The van der Waals surface area contributed by atoms with E-state index in [1.54, 1.807) is 0 Å². The van der Waals surface area contributed by atoms with Gasteiger partial charge in [-0.1, -0.05) is 56.5 Å². The molecule has 0 atom stereocenters. The van der Waals surface area contributed by atoms with Gasteiger partial charge in [0.2, 0.25) is 0 Å². The third kappa shape index (κ3) is 6.11. The molecule has 1 radical (unpaired) electrons. The lowest BCUT2D eigenvalue weighted by Crippen LogP contribution is -1.81. The van der Waals surface area contributed by atoms with Crippen LogP contribution in [0, 0.1) is 6.42 Å². The first-order valence-corrected chi connectivity index (χ1v) is 4.81. The second-order valence-corrected chi connectivity index (χ2v) is 3.11. The fourth-order valence-corrected chi connectivity index (χ4v) is 1.25. The van der Waals surface area contributed by atoms with E-state index in [9.17, 15) is 0 Å². The maximum Gasteiger partial charge on any atom is 0.316 e. The van der Waals surface area contributed by atoms with E-state index in [0.29, 0.717) is 0 Å². The van der Waals surface area contributed by atoms with E-state index in [0.717, 1.165) is 0 Å². The predicted octanol–water partition coefficient (Wildman–Crippen LogP) is 2.90. The van der Waals surface area contributed by atoms with Crippen molar-refractivity contribution in [2.45, 2.75) is 32.6 Å². The zero-order valence-corrected chi connectivity index (χ0v) is 7.79. The second kappa shape index (κ2) is 8.58. The molecule has 0 spiro atoms. The van der Waals surface area contributed by atoms with Crippen LogP contribution in [0.2, 0.25) is 0 Å². The highest BCUT2D eigenvalue weighted by Gasteiger charge is 1.91. The lowest BCUT2D eigenvalue weighted by Gasteiger charge is -1.99. The summed E-state index contributed by atoms with van der Waals surface area (Å²) in [7, 11) is 0. The summed E-state index contributed by atoms with van der Waals surface area (Å²) in [5.41, 5.74) is 1.36. The molecule has 1 rings (SSSR count). The lowest BCUT2D eigenvalue weighted by atomic mass is 10.1. The van der Waals surface area contributed by atoms with E-state index in [1.165, 1.54) is 31.2 Å². The number of unbranched alkanes of at least 4 members (excludes halogenated alkanes) is 3. The SMILES string of the molecule is CCCCC[CH]c1ccccc1.[MgH2]. The van der Waals surface area contributed by atoms with Crippen LogP contribution >= 0.6 is 0 Å². The summed E-state index contributed by atoms with van der Waals surface area (Å²) in [5.74, 6) is 0. The largest absolute Gasteiger partial charge is 0.316 e. The molecule has 0 nitrogen and oxygen atoms in total. The fourth-order valence-electron chi connectivity index (χ4n) is 1.25. The second-order valence-electron chi connectivity index (χ2n) is 3.11. The minimum atomic E-state index is 0. The summed E-state index contributed by atoms with van der Waals surface area (Å²) in [6.07, 6.45) is 7.52. The third-order valence-electron chi connectivity index (χ3n) is 1.99. The van der Waals surface area contributed by atoms with Gasteiger partial charge in [-0.2, -0.15) is 0 Å². The molecule has 0 bridgehead atoms. The van der Waals surface area contributed by atoms with Crippen molar-refractivity contribution in [1.29, 1.82) is 0 Å². The van der Waals surface area contributed by atoms with Gasteiger partial charge < -0.3 is 0 Å². The van der Waals surface area contributed by atoms with Crippen LogP contribution in [-0.4, -0.2) is 23.1 Å². The fraction of sp³-hybridized carbons (Fsp3) is 0.417. The zero-order valence-electron chi connectivity index (χ0n) is 7.79. The molecule has 0 fully saturated rings. The van der Waals surface area contributed by atoms with E-state index in [1.807, 2.05) is 0 Å². The summed E-state index contributed by atoms with van der Waals surface area (Å²) >= 11 is 0. The molecule has 69 valence electrons. The number of benzene rings is 1. The average molecular weight is 188 g/mol. The Morgan fingerprint density at radius 1 is 1.08 bits per heavy atom. The molecule has 1 aromatic carbocycles. The Hall–Kier alpha value is -0.0138. The topological polar surface area (TPSA) is 0 Å². The normalized spacial score (nSPS) is 9.31. The number of hydrogen-bond acceptors (Lipinski definition) is 0. The molecule has 0 saturated heterocycles. The molecule has 0 saturated carbocycles. The monoisotopic (exact) mass is 187 g/mol. The van der Waals surface area contributed by atoms with Crippen LogP contribution in [0.1, 0.15) is 38.2 Å². The minimum absolute atomic E-state index is 0. The zero-order chi connectivity index (χ0) is 8.65. The first-order chi connectivity index (χ1) is 5.93. The van der Waals surface area contributed by atoms with Gasteiger partial charge in [-0.15, -0.1) is 0 Å². The third-order valence-corrected chi connectivity index (χ3v) is 1.99. The molecule has 0 aromatic heterocycles. The summed E-state index contributed by atoms with van der Waals surface area (Å²) in [5, 5.41) is 0. The highest BCUT2D eigenvalue weighted by atomic mass is 24.3. The van der Waals surface area contributed by atoms with Crippen molar-refractivity contribution in [3.8, 4) is 0 Å². The van der Waals surface area contributed by atoms with E-state index in [4.69, 9.17) is 0 Å². The Labute approximate surface area is 97.9 Å². The van der Waals surface area contributed by atoms with Crippen molar-refractivity contribution in [1.82, 2.24) is 0 Å². The maximum absolute atomic E-state index is 2.32. The summed E-state index contributed by atoms with van der Waals surface area (Å²) in [4.78, 5) is 0. The molecule has 0 amide bonds. The van der Waals surface area contributed by atoms with Crippen LogP contribution in [0.3, 0.4) is 0 Å². The molecule has 0 heterocycles. The Kier molecular flexibility index (Phi) is 8.57. The quantitative estimate of drug-likeness (QED) is 0.491. The summed E-state index contributed by atoms with van der Waals surface area (Å²) in [6.45, 7) is 2.24. The number of hydrogen-bond donors (Lipinski definition) is 0. The van der Waals surface area contributed by atoms with Gasteiger partial charge >= 0.3 is 23.1 Å². The van der Waals surface area contributed by atoms with Crippen molar-refractivity contribution in [3.05, 3.63) is 42.3 Å². The van der Waals surface area contributed by atoms with Crippen LogP contribution in [-0.2, 0) is 0 Å². The van der Waals surface area contributed by atoms with Crippen molar-refractivity contribution in [2.75, 3.05) is 0 Å². The van der Waals surface area contributed by atoms with Gasteiger partial charge in [-0.25, -0.2) is 0 Å². The van der Waals surface area contributed by atoms with E-state index in [-0.39, 0.29) is 23.1 Å². The Morgan fingerprint density at radius 3 is 2.38 bits per heavy atom. The lowest BCUT2D eigenvalue weighted by molar-refractivity contribution is 0.715. The first kappa shape index (κ1) is 13.0. The van der Waals surface area contributed by atoms with Crippen molar-refractivity contribution >= 4 is 23.1 Å². The van der Waals surface area contributed by atoms with Gasteiger partial charge in [-0.3, -0.25) is 0 Å². The molecule has 0 aliphatic heterocycles. The summed E-state index contributed by atoms with van der Waals surface area (Å²) < 4.78 is 0. The first-order valence-electron chi connectivity index (χ1n) is 4.81. The molecule has 13 heavy (non-hydrogen) atoms. The molecule has 0 unspecified atom stereocenters. The van der Waals surface area contributed by atoms with Gasteiger partial charge in [0, 0.05) is 0 Å². The molecule has 0 aliphatic carbocycles. The van der Waals surface area contributed by atoms with Gasteiger partial charge in [-0.05, 0) is 18.4 Å².